The Kier molecular flexibility index (Phi) is 2.93. The highest BCUT2D eigenvalue weighted by Crippen LogP contribution is 2.22. The number of nitrogens with two attached hydrogens (primary N) is 1. The summed E-state index contributed by atoms with van der Waals surface area (Å²) in [5.74, 6) is -0.383. The largest absolute Gasteiger partial charge is 0.320 e. The van der Waals surface area contributed by atoms with Crippen molar-refractivity contribution in [1.82, 2.24) is 9.97 Å². The van der Waals surface area contributed by atoms with Crippen LogP contribution < -0.4 is 5.73 Å². The second-order valence-corrected chi connectivity index (χ2v) is 4.37. The average molecular weight is 253 g/mol. The summed E-state index contributed by atoms with van der Waals surface area (Å²) < 4.78 is 13.2. The zero-order chi connectivity index (χ0) is 13.2. The molecule has 0 saturated carbocycles. The van der Waals surface area contributed by atoms with Gasteiger partial charge in [0.05, 0.1) is 17.8 Å². The fourth-order valence-electron chi connectivity index (χ4n) is 2.07. The number of rotatable bonds is 2. The molecule has 0 radical (unpaired) electrons. The standard InChI is InChI=1S/C15H12FN3/c16-13-6-12(8-18-9-13)15(17)11-4-3-10-2-1-5-19-14(10)7-11/h1-9,15H,17H2. The number of halogens is 1. The molecule has 19 heavy (non-hydrogen) atoms. The summed E-state index contributed by atoms with van der Waals surface area (Å²) in [7, 11) is 0. The number of hydrogen-bond acceptors (Lipinski definition) is 3. The molecule has 2 heterocycles. The SMILES string of the molecule is NC(c1cncc(F)c1)c1ccc2cccnc2c1. The summed E-state index contributed by atoms with van der Waals surface area (Å²) in [5, 5.41) is 1.05. The Morgan fingerprint density at radius 3 is 2.79 bits per heavy atom. The van der Waals surface area contributed by atoms with E-state index >= 15 is 0 Å². The van der Waals surface area contributed by atoms with Crippen LogP contribution >= 0.6 is 0 Å². The summed E-state index contributed by atoms with van der Waals surface area (Å²) in [4.78, 5) is 8.11. The molecule has 0 aliphatic heterocycles. The van der Waals surface area contributed by atoms with Gasteiger partial charge in [-0.1, -0.05) is 18.2 Å². The normalized spacial score (nSPS) is 12.5. The molecular formula is C15H12FN3. The van der Waals surface area contributed by atoms with Crippen LogP contribution in [0.15, 0.2) is 55.0 Å². The summed E-state index contributed by atoms with van der Waals surface area (Å²) in [5.41, 5.74) is 8.55. The van der Waals surface area contributed by atoms with Crippen LogP contribution in [-0.4, -0.2) is 9.97 Å². The van der Waals surface area contributed by atoms with Crippen molar-refractivity contribution in [2.45, 2.75) is 6.04 Å². The van der Waals surface area contributed by atoms with Crippen molar-refractivity contribution in [3.8, 4) is 0 Å². The molecule has 3 nitrogen and oxygen atoms in total. The summed E-state index contributed by atoms with van der Waals surface area (Å²) >= 11 is 0. The molecule has 94 valence electrons. The lowest BCUT2D eigenvalue weighted by Gasteiger charge is -2.12. The number of benzene rings is 1. The van der Waals surface area contributed by atoms with Gasteiger partial charge in [0.2, 0.25) is 0 Å². The van der Waals surface area contributed by atoms with E-state index in [0.29, 0.717) is 5.56 Å². The number of nitrogens with zero attached hydrogens (tertiary/aromatic N) is 2. The van der Waals surface area contributed by atoms with Gasteiger partial charge in [-0.05, 0) is 29.3 Å². The summed E-state index contributed by atoms with van der Waals surface area (Å²) in [6.45, 7) is 0. The van der Waals surface area contributed by atoms with Gasteiger partial charge < -0.3 is 5.73 Å². The zero-order valence-corrected chi connectivity index (χ0v) is 10.1. The predicted octanol–water partition coefficient (Wildman–Crippen LogP) is 2.82. The minimum Gasteiger partial charge on any atom is -0.320 e. The first-order chi connectivity index (χ1) is 9.24. The average Bonchev–Trinajstić information content (AvgIpc) is 2.46. The molecule has 0 saturated heterocycles. The molecule has 4 heteroatoms. The molecule has 1 unspecified atom stereocenters. The van der Waals surface area contributed by atoms with Gasteiger partial charge in [0.15, 0.2) is 0 Å². The van der Waals surface area contributed by atoms with E-state index < -0.39 is 6.04 Å². The lowest BCUT2D eigenvalue weighted by Crippen LogP contribution is -2.12. The highest BCUT2D eigenvalue weighted by atomic mass is 19.1. The maximum atomic E-state index is 13.2. The predicted molar refractivity (Wildman–Crippen MR) is 72.0 cm³/mol. The van der Waals surface area contributed by atoms with Crippen molar-refractivity contribution in [3.05, 3.63) is 71.9 Å². The Labute approximate surface area is 109 Å². The van der Waals surface area contributed by atoms with E-state index in [-0.39, 0.29) is 5.82 Å². The van der Waals surface area contributed by atoms with Crippen LogP contribution in [0.25, 0.3) is 10.9 Å². The Morgan fingerprint density at radius 2 is 1.95 bits per heavy atom. The molecule has 0 bridgehead atoms. The Hall–Kier alpha value is -2.33. The summed E-state index contributed by atoms with van der Waals surface area (Å²) in [6, 6.07) is 10.7. The fourth-order valence-corrected chi connectivity index (χ4v) is 2.07. The second kappa shape index (κ2) is 4.74. The summed E-state index contributed by atoms with van der Waals surface area (Å²) in [6.07, 6.45) is 4.48. The molecule has 0 amide bonds. The second-order valence-electron chi connectivity index (χ2n) is 4.37. The van der Waals surface area contributed by atoms with Gasteiger partial charge in [-0.15, -0.1) is 0 Å². The molecule has 0 spiro atoms. The van der Waals surface area contributed by atoms with E-state index in [1.165, 1.54) is 6.07 Å². The van der Waals surface area contributed by atoms with E-state index in [1.807, 2.05) is 30.3 Å². The van der Waals surface area contributed by atoms with Gasteiger partial charge in [0.1, 0.15) is 5.82 Å². The van der Waals surface area contributed by atoms with Gasteiger partial charge in [-0.25, -0.2) is 4.39 Å². The fraction of sp³-hybridized carbons (Fsp3) is 0.0667. The third-order valence-electron chi connectivity index (χ3n) is 3.07. The molecule has 1 atom stereocenters. The van der Waals surface area contributed by atoms with Crippen LogP contribution in [0, 0.1) is 5.82 Å². The lowest BCUT2D eigenvalue weighted by molar-refractivity contribution is 0.616. The van der Waals surface area contributed by atoms with Crippen LogP contribution in [0.1, 0.15) is 17.2 Å². The third-order valence-corrected chi connectivity index (χ3v) is 3.07. The van der Waals surface area contributed by atoms with Gasteiger partial charge >= 0.3 is 0 Å². The number of pyridine rings is 2. The smallest absolute Gasteiger partial charge is 0.141 e. The van der Waals surface area contributed by atoms with Crippen LogP contribution in [0.2, 0.25) is 0 Å². The number of aromatic nitrogens is 2. The highest BCUT2D eigenvalue weighted by molar-refractivity contribution is 5.79. The van der Waals surface area contributed by atoms with Crippen molar-refractivity contribution in [3.63, 3.8) is 0 Å². The number of hydrogen-bond donors (Lipinski definition) is 1. The number of fused-ring (bicyclic) bond motifs is 1. The van der Waals surface area contributed by atoms with Crippen LogP contribution in [0.3, 0.4) is 0 Å². The molecule has 3 rings (SSSR count). The van der Waals surface area contributed by atoms with E-state index in [2.05, 4.69) is 9.97 Å². The van der Waals surface area contributed by atoms with Crippen molar-refractivity contribution in [2.24, 2.45) is 5.73 Å². The van der Waals surface area contributed by atoms with Crippen molar-refractivity contribution >= 4 is 10.9 Å². The first kappa shape index (κ1) is 11.7. The van der Waals surface area contributed by atoms with E-state index in [0.717, 1.165) is 22.7 Å². The first-order valence-electron chi connectivity index (χ1n) is 5.95. The lowest BCUT2D eigenvalue weighted by atomic mass is 10.00. The van der Waals surface area contributed by atoms with E-state index in [1.54, 1.807) is 12.4 Å². The van der Waals surface area contributed by atoms with Crippen LogP contribution in [-0.2, 0) is 0 Å². The van der Waals surface area contributed by atoms with Crippen molar-refractivity contribution < 1.29 is 4.39 Å². The maximum Gasteiger partial charge on any atom is 0.141 e. The van der Waals surface area contributed by atoms with E-state index in [9.17, 15) is 4.39 Å². The van der Waals surface area contributed by atoms with Gasteiger partial charge in [0, 0.05) is 17.8 Å². The Balaban J connectivity index is 2.04. The first-order valence-corrected chi connectivity index (χ1v) is 5.95. The van der Waals surface area contributed by atoms with E-state index in [4.69, 9.17) is 5.73 Å². The minimum absolute atomic E-state index is 0.383. The molecule has 2 N–H and O–H groups in total. The molecule has 0 fully saturated rings. The molecule has 3 aromatic rings. The quantitative estimate of drug-likeness (QED) is 0.764. The third kappa shape index (κ3) is 2.30. The Morgan fingerprint density at radius 1 is 1.05 bits per heavy atom. The molecule has 0 aliphatic carbocycles. The molecule has 2 aromatic heterocycles. The molecule has 0 aliphatic rings. The topological polar surface area (TPSA) is 51.8 Å². The van der Waals surface area contributed by atoms with Crippen LogP contribution in [0.4, 0.5) is 4.39 Å². The van der Waals surface area contributed by atoms with Crippen molar-refractivity contribution in [2.75, 3.05) is 0 Å². The zero-order valence-electron chi connectivity index (χ0n) is 10.1. The minimum atomic E-state index is -0.408. The van der Waals surface area contributed by atoms with Crippen molar-refractivity contribution in [1.29, 1.82) is 0 Å². The van der Waals surface area contributed by atoms with Gasteiger partial charge in [0.25, 0.3) is 0 Å². The monoisotopic (exact) mass is 253 g/mol. The van der Waals surface area contributed by atoms with Gasteiger partial charge in [-0.3, -0.25) is 9.97 Å². The Bertz CT molecular complexity index is 727. The highest BCUT2D eigenvalue weighted by Gasteiger charge is 2.10. The molecular weight excluding hydrogens is 241 g/mol. The van der Waals surface area contributed by atoms with Crippen LogP contribution in [0.5, 0.6) is 0 Å². The maximum absolute atomic E-state index is 13.2. The molecule has 1 aromatic carbocycles. The van der Waals surface area contributed by atoms with Gasteiger partial charge in [-0.2, -0.15) is 0 Å².